The van der Waals surface area contributed by atoms with E-state index >= 15 is 0 Å². The van der Waals surface area contributed by atoms with Crippen molar-refractivity contribution in [3.8, 4) is 0 Å². The number of non-ortho nitro benzene ring substituents is 1. The molecule has 2 rings (SSSR count). The minimum absolute atomic E-state index is 0.0533. The van der Waals surface area contributed by atoms with Gasteiger partial charge in [0, 0.05) is 42.9 Å². The van der Waals surface area contributed by atoms with Crippen molar-refractivity contribution >= 4 is 18.1 Å². The molecular weight excluding hydrogens is 251 g/mol. The largest absolute Gasteiger partial charge is 0.319 e. The third kappa shape index (κ3) is 2.62. The zero-order valence-corrected chi connectivity index (χ0v) is 11.3. The summed E-state index contributed by atoms with van der Waals surface area (Å²) in [4.78, 5) is 12.4. The summed E-state index contributed by atoms with van der Waals surface area (Å²) >= 11 is 0. The first-order valence-corrected chi connectivity index (χ1v) is 8.18. The molecule has 0 unspecified atom stereocenters. The maximum absolute atomic E-state index is 12.8. The van der Waals surface area contributed by atoms with E-state index in [1.807, 2.05) is 0 Å². The molecule has 6 heteroatoms. The Morgan fingerprint density at radius 1 is 1.28 bits per heavy atom. The van der Waals surface area contributed by atoms with Gasteiger partial charge in [-0.15, -0.1) is 0 Å². The van der Waals surface area contributed by atoms with Gasteiger partial charge in [0.25, 0.3) is 5.69 Å². The van der Waals surface area contributed by atoms with E-state index in [1.54, 1.807) is 12.1 Å². The summed E-state index contributed by atoms with van der Waals surface area (Å²) in [6.45, 7) is 4.79. The van der Waals surface area contributed by atoms with E-state index in [9.17, 15) is 14.7 Å². The van der Waals surface area contributed by atoms with Crippen molar-refractivity contribution in [3.05, 3.63) is 34.4 Å². The van der Waals surface area contributed by atoms with Crippen LogP contribution in [-0.4, -0.2) is 41.8 Å². The summed E-state index contributed by atoms with van der Waals surface area (Å²) in [6.07, 6.45) is 1.36. The van der Waals surface area contributed by atoms with Crippen LogP contribution in [0.2, 0.25) is 0 Å². The van der Waals surface area contributed by atoms with Crippen LogP contribution in [0.3, 0.4) is 0 Å². The standard InChI is InChI=1S/C12H17N2O3P/c1-2-13-7-9-18(17,10-8-13)12-5-3-11(4-6-12)14(15)16/h3-6H,2,7-10H2,1H3. The van der Waals surface area contributed by atoms with Gasteiger partial charge in [-0.1, -0.05) is 6.92 Å². The van der Waals surface area contributed by atoms with Crippen LogP contribution in [-0.2, 0) is 4.57 Å². The van der Waals surface area contributed by atoms with E-state index in [4.69, 9.17) is 0 Å². The molecule has 0 bridgehead atoms. The third-order valence-corrected chi connectivity index (χ3v) is 6.62. The second kappa shape index (κ2) is 5.21. The number of benzene rings is 1. The van der Waals surface area contributed by atoms with Crippen molar-refractivity contribution in [2.75, 3.05) is 32.0 Å². The van der Waals surface area contributed by atoms with E-state index in [0.717, 1.165) is 24.9 Å². The van der Waals surface area contributed by atoms with Crippen molar-refractivity contribution in [2.45, 2.75) is 6.92 Å². The maximum Gasteiger partial charge on any atom is 0.269 e. The number of hydrogen-bond donors (Lipinski definition) is 0. The van der Waals surface area contributed by atoms with Crippen molar-refractivity contribution in [1.82, 2.24) is 4.90 Å². The molecule has 1 saturated heterocycles. The van der Waals surface area contributed by atoms with Crippen molar-refractivity contribution < 1.29 is 9.49 Å². The highest BCUT2D eigenvalue weighted by Crippen LogP contribution is 2.46. The van der Waals surface area contributed by atoms with E-state index in [0.29, 0.717) is 12.3 Å². The monoisotopic (exact) mass is 268 g/mol. The van der Waals surface area contributed by atoms with Crippen LogP contribution in [0.25, 0.3) is 0 Å². The molecule has 0 saturated carbocycles. The molecule has 1 aromatic carbocycles. The van der Waals surface area contributed by atoms with Gasteiger partial charge in [-0.25, -0.2) is 0 Å². The van der Waals surface area contributed by atoms with Crippen molar-refractivity contribution in [3.63, 3.8) is 0 Å². The number of nitrogens with zero attached hydrogens (tertiary/aromatic N) is 2. The van der Waals surface area contributed by atoms with E-state index in [1.165, 1.54) is 12.1 Å². The van der Waals surface area contributed by atoms with Crippen LogP contribution in [0.4, 0.5) is 5.69 Å². The molecule has 0 amide bonds. The molecule has 1 aliphatic heterocycles. The first-order valence-electron chi connectivity index (χ1n) is 6.10. The molecule has 0 radical (unpaired) electrons. The molecule has 1 aliphatic rings. The van der Waals surface area contributed by atoms with Gasteiger partial charge < -0.3 is 9.46 Å². The second-order valence-electron chi connectivity index (χ2n) is 4.54. The Morgan fingerprint density at radius 2 is 1.83 bits per heavy atom. The van der Waals surface area contributed by atoms with Crippen LogP contribution >= 0.6 is 7.14 Å². The van der Waals surface area contributed by atoms with Gasteiger partial charge in [0.1, 0.15) is 7.14 Å². The molecule has 0 aliphatic carbocycles. The highest BCUT2D eigenvalue weighted by atomic mass is 31.2. The van der Waals surface area contributed by atoms with Gasteiger partial charge in [0.05, 0.1) is 4.92 Å². The Hall–Kier alpha value is -1.19. The number of nitro groups is 1. The molecule has 1 aromatic rings. The summed E-state index contributed by atoms with van der Waals surface area (Å²) in [6, 6.07) is 6.20. The van der Waals surface area contributed by atoms with Crippen molar-refractivity contribution in [1.29, 1.82) is 0 Å². The van der Waals surface area contributed by atoms with E-state index < -0.39 is 12.1 Å². The SMILES string of the molecule is CCN1CCP(=O)(c2ccc([N+](=O)[O-])cc2)CC1. The van der Waals surface area contributed by atoms with Crippen LogP contribution in [0.1, 0.15) is 6.92 Å². The zero-order chi connectivity index (χ0) is 13.2. The molecule has 98 valence electrons. The van der Waals surface area contributed by atoms with Crippen molar-refractivity contribution in [2.24, 2.45) is 0 Å². The first-order chi connectivity index (χ1) is 8.55. The Bertz CT molecular complexity index is 475. The summed E-state index contributed by atoms with van der Waals surface area (Å²) in [5.74, 6) is 0. The zero-order valence-electron chi connectivity index (χ0n) is 10.4. The molecule has 18 heavy (non-hydrogen) atoms. The fourth-order valence-corrected chi connectivity index (χ4v) is 4.89. The lowest BCUT2D eigenvalue weighted by atomic mass is 10.3. The molecular formula is C12H17N2O3P. The van der Waals surface area contributed by atoms with Crippen LogP contribution < -0.4 is 5.30 Å². The summed E-state index contributed by atoms with van der Waals surface area (Å²) < 4.78 is 12.8. The minimum atomic E-state index is -2.33. The predicted molar refractivity (Wildman–Crippen MR) is 72.2 cm³/mol. The lowest BCUT2D eigenvalue weighted by molar-refractivity contribution is -0.384. The Labute approximate surface area is 106 Å². The molecule has 0 spiro atoms. The fraction of sp³-hybridized carbons (Fsp3) is 0.500. The van der Waals surface area contributed by atoms with Gasteiger partial charge in [-0.2, -0.15) is 0 Å². The molecule has 1 fully saturated rings. The summed E-state index contributed by atoms with van der Waals surface area (Å²) in [7, 11) is -2.33. The average Bonchev–Trinajstić information content (AvgIpc) is 2.40. The maximum atomic E-state index is 12.8. The minimum Gasteiger partial charge on any atom is -0.319 e. The Morgan fingerprint density at radius 3 is 2.28 bits per heavy atom. The number of hydrogen-bond acceptors (Lipinski definition) is 4. The molecule has 0 atom stereocenters. The Kier molecular flexibility index (Phi) is 3.83. The lowest BCUT2D eigenvalue weighted by Gasteiger charge is -2.31. The summed E-state index contributed by atoms with van der Waals surface area (Å²) in [5, 5.41) is 11.4. The molecule has 1 heterocycles. The van der Waals surface area contributed by atoms with Crippen LogP contribution in [0, 0.1) is 10.1 Å². The molecule has 5 nitrogen and oxygen atoms in total. The molecule has 0 N–H and O–H groups in total. The first kappa shape index (κ1) is 13.2. The van der Waals surface area contributed by atoms with Gasteiger partial charge in [-0.05, 0) is 18.7 Å². The number of rotatable bonds is 3. The fourth-order valence-electron chi connectivity index (χ4n) is 2.25. The lowest BCUT2D eigenvalue weighted by Crippen LogP contribution is -2.36. The number of nitro benzene ring substituents is 1. The van der Waals surface area contributed by atoms with E-state index in [2.05, 4.69) is 11.8 Å². The second-order valence-corrected chi connectivity index (χ2v) is 7.73. The van der Waals surface area contributed by atoms with Crippen LogP contribution in [0.5, 0.6) is 0 Å². The normalized spacial score (nSPS) is 19.6. The van der Waals surface area contributed by atoms with Crippen LogP contribution in [0.15, 0.2) is 24.3 Å². The smallest absolute Gasteiger partial charge is 0.269 e. The highest BCUT2D eigenvalue weighted by molar-refractivity contribution is 7.71. The van der Waals surface area contributed by atoms with Gasteiger partial charge >= 0.3 is 0 Å². The van der Waals surface area contributed by atoms with Gasteiger partial charge in [-0.3, -0.25) is 10.1 Å². The average molecular weight is 268 g/mol. The predicted octanol–water partition coefficient (Wildman–Crippen LogP) is 1.92. The third-order valence-electron chi connectivity index (χ3n) is 3.53. The Balaban J connectivity index is 2.16. The highest BCUT2D eigenvalue weighted by Gasteiger charge is 2.30. The van der Waals surface area contributed by atoms with Gasteiger partial charge in [0.15, 0.2) is 0 Å². The summed E-state index contributed by atoms with van der Waals surface area (Å²) in [5.41, 5.74) is 0.0533. The quantitative estimate of drug-likeness (QED) is 0.477. The van der Waals surface area contributed by atoms with E-state index in [-0.39, 0.29) is 5.69 Å². The molecule has 0 aromatic heterocycles. The van der Waals surface area contributed by atoms with Gasteiger partial charge in [0.2, 0.25) is 0 Å². The topological polar surface area (TPSA) is 63.5 Å².